The first-order valence-electron chi connectivity index (χ1n) is 4.71. The molecule has 4 heteroatoms. The number of benzene rings is 1. The molecule has 2 atom stereocenters. The topological polar surface area (TPSA) is 29.1 Å². The first kappa shape index (κ1) is 12.5. The summed E-state index contributed by atoms with van der Waals surface area (Å²) in [6.07, 6.45) is 0. The van der Waals surface area contributed by atoms with E-state index in [1.807, 2.05) is 31.2 Å². The van der Waals surface area contributed by atoms with Gasteiger partial charge in [-0.15, -0.1) is 11.6 Å². The summed E-state index contributed by atoms with van der Waals surface area (Å²) in [5, 5.41) is 2.33. The average molecular weight is 291 g/mol. The molecule has 2 nitrogen and oxygen atoms in total. The van der Waals surface area contributed by atoms with Crippen LogP contribution >= 0.6 is 27.5 Å². The Labute approximate surface area is 103 Å². The first-order chi connectivity index (χ1) is 7.02. The lowest BCUT2D eigenvalue weighted by Gasteiger charge is -2.16. The van der Waals surface area contributed by atoms with E-state index in [1.165, 1.54) is 0 Å². The Balaban J connectivity index is 2.73. The van der Waals surface area contributed by atoms with Crippen LogP contribution in [0.3, 0.4) is 0 Å². The van der Waals surface area contributed by atoms with E-state index in [9.17, 15) is 4.79 Å². The predicted octanol–water partition coefficient (Wildman–Crippen LogP) is 3.25. The summed E-state index contributed by atoms with van der Waals surface area (Å²) in [5.41, 5.74) is 1.04. The van der Waals surface area contributed by atoms with Crippen LogP contribution in [0.25, 0.3) is 0 Å². The molecule has 15 heavy (non-hydrogen) atoms. The van der Waals surface area contributed by atoms with Gasteiger partial charge in [0.05, 0.1) is 6.04 Å². The van der Waals surface area contributed by atoms with Gasteiger partial charge in [0.25, 0.3) is 0 Å². The molecule has 1 aromatic carbocycles. The summed E-state index contributed by atoms with van der Waals surface area (Å²) in [6, 6.07) is 7.74. The highest BCUT2D eigenvalue weighted by molar-refractivity contribution is 9.10. The monoisotopic (exact) mass is 289 g/mol. The highest BCUT2D eigenvalue weighted by Gasteiger charge is 2.14. The van der Waals surface area contributed by atoms with Crippen LogP contribution in [0.5, 0.6) is 0 Å². The van der Waals surface area contributed by atoms with Crippen molar-refractivity contribution in [2.75, 3.05) is 0 Å². The molecular weight excluding hydrogens is 277 g/mol. The van der Waals surface area contributed by atoms with E-state index < -0.39 is 5.38 Å². The van der Waals surface area contributed by atoms with Gasteiger partial charge in [0, 0.05) is 4.47 Å². The van der Waals surface area contributed by atoms with Gasteiger partial charge in [-0.05, 0) is 25.5 Å². The maximum atomic E-state index is 11.4. The number of carbonyl (C=O) groups excluding carboxylic acids is 1. The Hall–Kier alpha value is -0.540. The Morgan fingerprint density at radius 1 is 1.40 bits per heavy atom. The first-order valence-corrected chi connectivity index (χ1v) is 5.94. The highest BCUT2D eigenvalue weighted by atomic mass is 79.9. The maximum absolute atomic E-state index is 11.4. The Morgan fingerprint density at radius 2 is 2.00 bits per heavy atom. The number of halogens is 2. The third-order valence-corrected chi connectivity index (χ3v) is 3.01. The van der Waals surface area contributed by atoms with Crippen LogP contribution in [-0.4, -0.2) is 11.3 Å². The molecule has 0 aliphatic heterocycles. The van der Waals surface area contributed by atoms with Crippen molar-refractivity contribution < 1.29 is 4.79 Å². The molecular formula is C11H13BrClNO. The Kier molecular flexibility index (Phi) is 4.61. The van der Waals surface area contributed by atoms with E-state index in [0.29, 0.717) is 0 Å². The summed E-state index contributed by atoms with van der Waals surface area (Å²) in [4.78, 5) is 11.4. The zero-order chi connectivity index (χ0) is 11.4. The normalized spacial score (nSPS) is 14.4. The van der Waals surface area contributed by atoms with Crippen molar-refractivity contribution in [3.8, 4) is 0 Å². The molecule has 0 fully saturated rings. The smallest absolute Gasteiger partial charge is 0.238 e. The number of amides is 1. The summed E-state index contributed by atoms with van der Waals surface area (Å²) >= 11 is 9.12. The van der Waals surface area contributed by atoms with Crippen LogP contribution in [0.1, 0.15) is 25.5 Å². The summed E-state index contributed by atoms with van der Waals surface area (Å²) < 4.78 is 0.986. The second-order valence-corrected chi connectivity index (χ2v) is 4.88. The van der Waals surface area contributed by atoms with Crippen LogP contribution in [-0.2, 0) is 4.79 Å². The van der Waals surface area contributed by atoms with Gasteiger partial charge in [-0.2, -0.15) is 0 Å². The van der Waals surface area contributed by atoms with Crippen LogP contribution in [0.15, 0.2) is 28.7 Å². The molecule has 0 radical (unpaired) electrons. The van der Waals surface area contributed by atoms with Crippen LogP contribution < -0.4 is 5.32 Å². The van der Waals surface area contributed by atoms with E-state index in [0.717, 1.165) is 10.0 Å². The number of hydrogen-bond donors (Lipinski definition) is 1. The number of carbonyl (C=O) groups is 1. The zero-order valence-electron chi connectivity index (χ0n) is 8.63. The molecule has 0 saturated carbocycles. The maximum Gasteiger partial charge on any atom is 0.238 e. The standard InChI is InChI=1S/C11H13BrClNO/c1-7(13)11(15)14-8(2)9-5-3-4-6-10(9)12/h3-8H,1-2H3,(H,14,15)/t7?,8-/m1/s1. The average Bonchev–Trinajstić information content (AvgIpc) is 2.18. The van der Waals surface area contributed by atoms with Crippen molar-refractivity contribution in [3.63, 3.8) is 0 Å². The minimum Gasteiger partial charge on any atom is -0.348 e. The van der Waals surface area contributed by atoms with Gasteiger partial charge < -0.3 is 5.32 Å². The van der Waals surface area contributed by atoms with Gasteiger partial charge in [-0.3, -0.25) is 4.79 Å². The minimum absolute atomic E-state index is 0.0470. The Morgan fingerprint density at radius 3 is 2.53 bits per heavy atom. The van der Waals surface area contributed by atoms with Crippen LogP contribution in [0, 0.1) is 0 Å². The minimum atomic E-state index is -0.505. The number of alkyl halides is 1. The fourth-order valence-corrected chi connectivity index (χ4v) is 1.92. The number of rotatable bonds is 3. The lowest BCUT2D eigenvalue weighted by atomic mass is 10.1. The van der Waals surface area contributed by atoms with Crippen molar-refractivity contribution in [2.45, 2.75) is 25.3 Å². The molecule has 1 N–H and O–H groups in total. The van der Waals surface area contributed by atoms with Crippen molar-refractivity contribution in [1.29, 1.82) is 0 Å². The van der Waals surface area contributed by atoms with Crippen molar-refractivity contribution in [1.82, 2.24) is 5.32 Å². The van der Waals surface area contributed by atoms with Gasteiger partial charge in [0.1, 0.15) is 5.38 Å². The molecule has 1 unspecified atom stereocenters. The van der Waals surface area contributed by atoms with Gasteiger partial charge in [0.2, 0.25) is 5.91 Å². The third kappa shape index (κ3) is 3.50. The SMILES string of the molecule is CC(Cl)C(=O)N[C@H](C)c1ccccc1Br. The summed E-state index contributed by atoms with van der Waals surface area (Å²) in [6.45, 7) is 3.58. The lowest BCUT2D eigenvalue weighted by Crippen LogP contribution is -2.32. The fraction of sp³-hybridized carbons (Fsp3) is 0.364. The fourth-order valence-electron chi connectivity index (χ4n) is 1.23. The summed E-state index contributed by atoms with van der Waals surface area (Å²) in [7, 11) is 0. The van der Waals surface area contributed by atoms with Crippen molar-refractivity contribution in [2.24, 2.45) is 0 Å². The lowest BCUT2D eigenvalue weighted by molar-refractivity contribution is -0.121. The number of nitrogens with one attached hydrogen (secondary N) is 1. The van der Waals surface area contributed by atoms with Crippen LogP contribution in [0.2, 0.25) is 0 Å². The second kappa shape index (κ2) is 5.52. The van der Waals surface area contributed by atoms with Gasteiger partial charge in [-0.25, -0.2) is 0 Å². The molecule has 0 heterocycles. The molecule has 82 valence electrons. The van der Waals surface area contributed by atoms with Gasteiger partial charge in [-0.1, -0.05) is 34.1 Å². The largest absolute Gasteiger partial charge is 0.348 e. The van der Waals surface area contributed by atoms with Gasteiger partial charge >= 0.3 is 0 Å². The van der Waals surface area contributed by atoms with Gasteiger partial charge in [0.15, 0.2) is 0 Å². The zero-order valence-corrected chi connectivity index (χ0v) is 11.0. The van der Waals surface area contributed by atoms with E-state index in [-0.39, 0.29) is 11.9 Å². The molecule has 0 saturated heterocycles. The van der Waals surface area contributed by atoms with E-state index in [2.05, 4.69) is 21.2 Å². The van der Waals surface area contributed by atoms with Crippen LogP contribution in [0.4, 0.5) is 0 Å². The highest BCUT2D eigenvalue weighted by Crippen LogP contribution is 2.22. The predicted molar refractivity (Wildman–Crippen MR) is 66.0 cm³/mol. The number of hydrogen-bond acceptors (Lipinski definition) is 1. The second-order valence-electron chi connectivity index (χ2n) is 3.37. The molecule has 1 rings (SSSR count). The molecule has 0 aliphatic carbocycles. The molecule has 1 aromatic rings. The molecule has 0 bridgehead atoms. The molecule has 0 aliphatic rings. The van der Waals surface area contributed by atoms with E-state index in [4.69, 9.17) is 11.6 Å². The quantitative estimate of drug-likeness (QED) is 0.851. The van der Waals surface area contributed by atoms with E-state index >= 15 is 0 Å². The van der Waals surface area contributed by atoms with Crippen molar-refractivity contribution in [3.05, 3.63) is 34.3 Å². The molecule has 1 amide bonds. The molecule has 0 spiro atoms. The summed E-state index contributed by atoms with van der Waals surface area (Å²) in [5.74, 6) is -0.153. The Bertz CT molecular complexity index is 354. The van der Waals surface area contributed by atoms with E-state index in [1.54, 1.807) is 6.92 Å². The van der Waals surface area contributed by atoms with Crippen molar-refractivity contribution >= 4 is 33.4 Å². The third-order valence-electron chi connectivity index (χ3n) is 2.09. The molecule has 0 aromatic heterocycles.